The van der Waals surface area contributed by atoms with Crippen molar-refractivity contribution in [2.24, 2.45) is 0 Å². The minimum Gasteiger partial charge on any atom is -0.436 e. The summed E-state index contributed by atoms with van der Waals surface area (Å²) in [7, 11) is 4.36. The van der Waals surface area contributed by atoms with Crippen molar-refractivity contribution in [2.45, 2.75) is 117 Å². The minimum atomic E-state index is 0.613. The van der Waals surface area contributed by atoms with E-state index in [4.69, 9.17) is 18.8 Å². The van der Waals surface area contributed by atoms with Crippen LogP contribution in [-0.2, 0) is 0 Å². The average Bonchev–Trinajstić information content (AvgIpc) is 3.73. The summed E-state index contributed by atoms with van der Waals surface area (Å²) in [5.74, 6) is 1.23. The van der Waals surface area contributed by atoms with Gasteiger partial charge < -0.3 is 18.6 Å². The second-order valence-corrected chi connectivity index (χ2v) is 13.7. The standard InChI is InChI=1S/C42H58N4O2/c1-5-7-9-11-13-15-17-19-29-45(3)35-25-21-33(22-26-35)41-43-37-31-38-40(32-39(37)47-41)48-42(44-38)34-23-27-36(28-24-34)46(4)30-20-18-16-14-12-10-8-6-2/h21-28,31-32H,5-20,29-30H2,1-4H3. The zero-order valence-corrected chi connectivity index (χ0v) is 30.1. The summed E-state index contributed by atoms with van der Waals surface area (Å²) in [6, 6.07) is 20.9. The Morgan fingerprint density at radius 1 is 0.458 bits per heavy atom. The SMILES string of the molecule is CCCCCCCCCCN(C)c1ccc(-c2nc3cc4nc(-c5ccc(N(C)CCCCCCCCCC)cc5)oc4cc3o2)cc1. The summed E-state index contributed by atoms with van der Waals surface area (Å²) < 4.78 is 12.4. The van der Waals surface area contributed by atoms with Gasteiger partial charge in [0, 0.05) is 55.8 Å². The summed E-state index contributed by atoms with van der Waals surface area (Å²) in [5, 5.41) is 0. The molecule has 2 aromatic heterocycles. The number of nitrogens with zero attached hydrogens (tertiary/aromatic N) is 4. The lowest BCUT2D eigenvalue weighted by atomic mass is 10.1. The van der Waals surface area contributed by atoms with Crippen molar-refractivity contribution in [3.05, 3.63) is 60.7 Å². The molecule has 0 fully saturated rings. The fourth-order valence-corrected chi connectivity index (χ4v) is 6.54. The summed E-state index contributed by atoms with van der Waals surface area (Å²) in [6.07, 6.45) is 21.4. The molecule has 0 N–H and O–H groups in total. The molecule has 0 saturated heterocycles. The third-order valence-electron chi connectivity index (χ3n) is 9.70. The van der Waals surface area contributed by atoms with Crippen LogP contribution >= 0.6 is 0 Å². The molecule has 5 rings (SSSR count). The van der Waals surface area contributed by atoms with E-state index in [2.05, 4.69) is 86.3 Å². The molecule has 0 aliphatic heterocycles. The highest BCUT2D eigenvalue weighted by molar-refractivity contribution is 5.91. The van der Waals surface area contributed by atoms with Gasteiger partial charge in [0.2, 0.25) is 11.8 Å². The van der Waals surface area contributed by atoms with Crippen LogP contribution in [-0.4, -0.2) is 37.2 Å². The normalized spacial score (nSPS) is 11.6. The molecular weight excluding hydrogens is 592 g/mol. The lowest BCUT2D eigenvalue weighted by Gasteiger charge is -2.19. The topological polar surface area (TPSA) is 58.5 Å². The molecule has 0 aliphatic rings. The third kappa shape index (κ3) is 10.1. The molecule has 0 spiro atoms. The molecule has 0 radical (unpaired) electrons. The molecule has 48 heavy (non-hydrogen) atoms. The summed E-state index contributed by atoms with van der Waals surface area (Å²) in [4.78, 5) is 14.3. The van der Waals surface area contributed by atoms with Crippen molar-refractivity contribution in [2.75, 3.05) is 37.0 Å². The van der Waals surface area contributed by atoms with Crippen molar-refractivity contribution in [3.8, 4) is 22.9 Å². The van der Waals surface area contributed by atoms with Gasteiger partial charge in [0.25, 0.3) is 0 Å². The Labute approximate surface area is 288 Å². The minimum absolute atomic E-state index is 0.613. The Hall–Kier alpha value is -3.80. The van der Waals surface area contributed by atoms with Gasteiger partial charge in [-0.2, -0.15) is 0 Å². The van der Waals surface area contributed by atoms with E-state index in [0.29, 0.717) is 22.9 Å². The highest BCUT2D eigenvalue weighted by Gasteiger charge is 2.15. The molecule has 2 heterocycles. The van der Waals surface area contributed by atoms with E-state index < -0.39 is 0 Å². The quantitative estimate of drug-likeness (QED) is 0.0695. The lowest BCUT2D eigenvalue weighted by Crippen LogP contribution is -2.18. The molecule has 6 nitrogen and oxygen atoms in total. The Morgan fingerprint density at radius 2 is 0.812 bits per heavy atom. The smallest absolute Gasteiger partial charge is 0.227 e. The van der Waals surface area contributed by atoms with Crippen LogP contribution in [0.1, 0.15) is 117 Å². The van der Waals surface area contributed by atoms with E-state index in [9.17, 15) is 0 Å². The highest BCUT2D eigenvalue weighted by Crippen LogP contribution is 2.32. The van der Waals surface area contributed by atoms with Crippen molar-refractivity contribution in [1.29, 1.82) is 0 Å². The Balaban J connectivity index is 1.12. The van der Waals surface area contributed by atoms with E-state index >= 15 is 0 Å². The van der Waals surface area contributed by atoms with E-state index in [1.807, 2.05) is 12.1 Å². The maximum Gasteiger partial charge on any atom is 0.227 e. The number of fused-ring (bicyclic) bond motifs is 2. The van der Waals surface area contributed by atoms with E-state index in [1.54, 1.807) is 0 Å². The number of benzene rings is 3. The Kier molecular flexibility index (Phi) is 13.8. The van der Waals surface area contributed by atoms with Gasteiger partial charge in [-0.3, -0.25) is 0 Å². The van der Waals surface area contributed by atoms with Crippen LogP contribution in [0.4, 0.5) is 11.4 Å². The first-order valence-corrected chi connectivity index (χ1v) is 18.9. The van der Waals surface area contributed by atoms with Gasteiger partial charge in [-0.1, -0.05) is 104 Å². The summed E-state index contributed by atoms with van der Waals surface area (Å²) >= 11 is 0. The second kappa shape index (κ2) is 18.7. The molecule has 0 bridgehead atoms. The number of rotatable bonds is 22. The van der Waals surface area contributed by atoms with Crippen LogP contribution in [0, 0.1) is 0 Å². The zero-order chi connectivity index (χ0) is 33.6. The van der Waals surface area contributed by atoms with Gasteiger partial charge >= 0.3 is 0 Å². The largest absolute Gasteiger partial charge is 0.436 e. The Bertz CT molecular complexity index is 1470. The van der Waals surface area contributed by atoms with Gasteiger partial charge in [-0.25, -0.2) is 9.97 Å². The first-order valence-electron chi connectivity index (χ1n) is 18.9. The van der Waals surface area contributed by atoms with E-state index in [-0.39, 0.29) is 0 Å². The highest BCUT2D eigenvalue weighted by atomic mass is 16.4. The van der Waals surface area contributed by atoms with Crippen molar-refractivity contribution < 1.29 is 8.83 Å². The van der Waals surface area contributed by atoms with Gasteiger partial charge in [0.05, 0.1) is 0 Å². The number of anilines is 2. The number of hydrogen-bond donors (Lipinski definition) is 0. The fraction of sp³-hybridized carbons (Fsp3) is 0.524. The average molecular weight is 651 g/mol. The van der Waals surface area contributed by atoms with Crippen LogP contribution in [0.15, 0.2) is 69.5 Å². The predicted molar refractivity (Wildman–Crippen MR) is 204 cm³/mol. The maximum atomic E-state index is 6.20. The van der Waals surface area contributed by atoms with Crippen LogP contribution in [0.2, 0.25) is 0 Å². The van der Waals surface area contributed by atoms with E-state index in [1.165, 1.54) is 114 Å². The number of hydrogen-bond acceptors (Lipinski definition) is 6. The third-order valence-corrected chi connectivity index (χ3v) is 9.70. The molecule has 5 aromatic rings. The van der Waals surface area contributed by atoms with Gasteiger partial charge in [-0.05, 0) is 67.4 Å². The first-order chi connectivity index (χ1) is 23.6. The predicted octanol–water partition coefficient (Wildman–Crippen LogP) is 12.5. The number of oxazole rings is 2. The van der Waals surface area contributed by atoms with Gasteiger partial charge in [-0.15, -0.1) is 0 Å². The molecule has 0 unspecified atom stereocenters. The van der Waals surface area contributed by atoms with Crippen molar-refractivity contribution >= 4 is 33.6 Å². The van der Waals surface area contributed by atoms with E-state index in [0.717, 1.165) is 35.2 Å². The lowest BCUT2D eigenvalue weighted by molar-refractivity contribution is 0.575. The van der Waals surface area contributed by atoms with Crippen molar-refractivity contribution in [1.82, 2.24) is 9.97 Å². The second-order valence-electron chi connectivity index (χ2n) is 13.7. The van der Waals surface area contributed by atoms with Crippen LogP contribution < -0.4 is 9.80 Å². The first kappa shape index (κ1) is 35.5. The van der Waals surface area contributed by atoms with Crippen molar-refractivity contribution in [3.63, 3.8) is 0 Å². The number of aromatic nitrogens is 2. The molecule has 258 valence electrons. The maximum absolute atomic E-state index is 6.20. The summed E-state index contributed by atoms with van der Waals surface area (Å²) in [6.45, 7) is 6.70. The van der Waals surface area contributed by atoms with Crippen LogP contribution in [0.25, 0.3) is 45.1 Å². The van der Waals surface area contributed by atoms with Crippen LogP contribution in [0.5, 0.6) is 0 Å². The molecule has 0 aliphatic carbocycles. The van der Waals surface area contributed by atoms with Gasteiger partial charge in [0.15, 0.2) is 11.2 Å². The number of unbranched alkanes of at least 4 members (excludes halogenated alkanes) is 14. The monoisotopic (exact) mass is 650 g/mol. The molecule has 0 amide bonds. The molecule has 3 aromatic carbocycles. The molecule has 0 saturated carbocycles. The summed E-state index contributed by atoms with van der Waals surface area (Å²) in [5.41, 5.74) is 7.34. The Morgan fingerprint density at radius 3 is 1.19 bits per heavy atom. The zero-order valence-electron chi connectivity index (χ0n) is 30.1. The molecular formula is C42H58N4O2. The van der Waals surface area contributed by atoms with Gasteiger partial charge in [0.1, 0.15) is 11.0 Å². The molecule has 0 atom stereocenters. The molecule has 6 heteroatoms. The van der Waals surface area contributed by atoms with Crippen LogP contribution in [0.3, 0.4) is 0 Å². The fourth-order valence-electron chi connectivity index (χ4n) is 6.54.